The number of fused-ring (bicyclic) bond motifs is 5. The van der Waals surface area contributed by atoms with Crippen LogP contribution in [0.25, 0.3) is 27.3 Å². The van der Waals surface area contributed by atoms with Crippen LogP contribution in [-0.4, -0.2) is 30.5 Å². The van der Waals surface area contributed by atoms with Crippen molar-refractivity contribution in [2.75, 3.05) is 10.6 Å². The number of amides is 1. The van der Waals surface area contributed by atoms with E-state index in [2.05, 4.69) is 20.6 Å². The number of nitrogens with zero attached hydrogens (tertiary/aromatic N) is 5. The number of carbonyl (C=O) groups is 1. The second-order valence-corrected chi connectivity index (χ2v) is 6.37. The Hall–Kier alpha value is -4.07. The fourth-order valence-corrected chi connectivity index (χ4v) is 3.27. The van der Waals surface area contributed by atoms with Crippen LogP contribution in [0.15, 0.2) is 61.3 Å². The van der Waals surface area contributed by atoms with Gasteiger partial charge in [0.05, 0.1) is 22.6 Å². The number of nitrogens with one attached hydrogen (secondary N) is 2. The summed E-state index contributed by atoms with van der Waals surface area (Å²) < 4.78 is 1.78. The third kappa shape index (κ3) is 2.67. The van der Waals surface area contributed by atoms with E-state index in [1.807, 2.05) is 30.3 Å². The van der Waals surface area contributed by atoms with E-state index in [1.54, 1.807) is 35.5 Å². The summed E-state index contributed by atoms with van der Waals surface area (Å²) in [6, 6.07) is 9.33. The minimum Gasteiger partial charge on any atom is -0.340 e. The lowest BCUT2D eigenvalue weighted by Crippen LogP contribution is -2.05. The summed E-state index contributed by atoms with van der Waals surface area (Å²) in [5, 5.41) is 12.6. The summed E-state index contributed by atoms with van der Waals surface area (Å²) in [5.41, 5.74) is 3.94. The van der Waals surface area contributed by atoms with E-state index in [-0.39, 0.29) is 5.91 Å². The number of carbonyl (C=O) groups excluding carboxylic acids is 1. The van der Waals surface area contributed by atoms with Crippen molar-refractivity contribution in [3.8, 4) is 0 Å². The number of aromatic nitrogens is 5. The molecular weight excluding hydrogens is 354 g/mol. The first-order valence-corrected chi connectivity index (χ1v) is 8.69. The third-order valence-corrected chi connectivity index (χ3v) is 4.41. The van der Waals surface area contributed by atoms with Crippen LogP contribution < -0.4 is 10.6 Å². The van der Waals surface area contributed by atoms with Gasteiger partial charge in [0, 0.05) is 48.5 Å². The summed E-state index contributed by atoms with van der Waals surface area (Å²) in [6.45, 7) is 1.48. The van der Waals surface area contributed by atoms with Gasteiger partial charge in [-0.3, -0.25) is 14.8 Å². The first kappa shape index (κ1) is 16.1. The highest BCUT2D eigenvalue weighted by molar-refractivity contribution is 6.14. The molecule has 136 valence electrons. The lowest BCUT2D eigenvalue weighted by atomic mass is 10.1. The van der Waals surface area contributed by atoms with Crippen LogP contribution in [0.1, 0.15) is 6.92 Å². The molecule has 2 N–H and O–H groups in total. The number of hydrogen-bond acceptors (Lipinski definition) is 6. The average Bonchev–Trinajstić information content (AvgIpc) is 3.08. The molecule has 5 aromatic rings. The van der Waals surface area contributed by atoms with Crippen molar-refractivity contribution in [3.05, 3.63) is 61.3 Å². The first-order valence-electron chi connectivity index (χ1n) is 8.69. The fraction of sp³-hybridized carbons (Fsp3) is 0.0500. The van der Waals surface area contributed by atoms with E-state index in [9.17, 15) is 4.79 Å². The van der Waals surface area contributed by atoms with Gasteiger partial charge in [0.2, 0.25) is 5.91 Å². The predicted octanol–water partition coefficient (Wildman–Crippen LogP) is 3.53. The average molecular weight is 369 g/mol. The van der Waals surface area contributed by atoms with Crippen LogP contribution in [0.3, 0.4) is 0 Å². The third-order valence-electron chi connectivity index (χ3n) is 4.41. The molecule has 0 saturated carbocycles. The fourth-order valence-electron chi connectivity index (χ4n) is 3.27. The maximum absolute atomic E-state index is 11.3. The topological polar surface area (TPSA) is 97.1 Å². The number of rotatable bonds is 3. The molecule has 0 spiro atoms. The molecule has 0 aliphatic heterocycles. The van der Waals surface area contributed by atoms with Crippen molar-refractivity contribution in [2.24, 2.45) is 0 Å². The Morgan fingerprint density at radius 3 is 2.82 bits per heavy atom. The predicted molar refractivity (Wildman–Crippen MR) is 108 cm³/mol. The van der Waals surface area contributed by atoms with Gasteiger partial charge < -0.3 is 10.6 Å². The maximum atomic E-state index is 11.3. The molecule has 1 amide bonds. The molecule has 0 fully saturated rings. The lowest BCUT2D eigenvalue weighted by molar-refractivity contribution is -0.114. The molecule has 5 rings (SSSR count). The van der Waals surface area contributed by atoms with Gasteiger partial charge in [0.1, 0.15) is 11.3 Å². The largest absolute Gasteiger partial charge is 0.340 e. The van der Waals surface area contributed by atoms with Crippen LogP contribution in [0.2, 0.25) is 0 Å². The lowest BCUT2D eigenvalue weighted by Gasteiger charge is -2.10. The maximum Gasteiger partial charge on any atom is 0.221 e. The van der Waals surface area contributed by atoms with Crippen LogP contribution in [0.5, 0.6) is 0 Å². The zero-order chi connectivity index (χ0) is 19.1. The molecule has 28 heavy (non-hydrogen) atoms. The van der Waals surface area contributed by atoms with Gasteiger partial charge in [-0.1, -0.05) is 6.07 Å². The van der Waals surface area contributed by atoms with Crippen molar-refractivity contribution < 1.29 is 4.79 Å². The monoisotopic (exact) mass is 369 g/mol. The van der Waals surface area contributed by atoms with Crippen LogP contribution in [-0.2, 0) is 4.79 Å². The van der Waals surface area contributed by atoms with E-state index < -0.39 is 0 Å². The summed E-state index contributed by atoms with van der Waals surface area (Å²) in [6.07, 6.45) is 8.74. The molecular formula is C20H15N7O. The molecule has 0 saturated heterocycles. The van der Waals surface area contributed by atoms with E-state index in [4.69, 9.17) is 10.1 Å². The number of pyridine rings is 2. The minimum atomic E-state index is -0.121. The van der Waals surface area contributed by atoms with Crippen molar-refractivity contribution >= 4 is 50.4 Å². The molecule has 8 heteroatoms. The highest BCUT2D eigenvalue weighted by atomic mass is 16.1. The van der Waals surface area contributed by atoms with Gasteiger partial charge in [0.25, 0.3) is 0 Å². The van der Waals surface area contributed by atoms with E-state index in [0.29, 0.717) is 11.5 Å². The molecule has 4 aromatic heterocycles. The molecule has 0 aliphatic rings. The number of anilines is 3. The van der Waals surface area contributed by atoms with E-state index in [0.717, 1.165) is 33.0 Å². The molecule has 1 aromatic carbocycles. The molecule has 0 radical (unpaired) electrons. The van der Waals surface area contributed by atoms with Gasteiger partial charge in [-0.05, 0) is 24.3 Å². The summed E-state index contributed by atoms with van der Waals surface area (Å²) in [4.78, 5) is 24.6. The van der Waals surface area contributed by atoms with Gasteiger partial charge in [-0.15, -0.1) is 0 Å². The smallest absolute Gasteiger partial charge is 0.221 e. The molecule has 0 bridgehead atoms. The van der Waals surface area contributed by atoms with Crippen molar-refractivity contribution in [1.29, 1.82) is 0 Å². The Labute approximate surface area is 159 Å². The van der Waals surface area contributed by atoms with Crippen LogP contribution in [0, 0.1) is 0 Å². The summed E-state index contributed by atoms with van der Waals surface area (Å²) >= 11 is 0. The quantitative estimate of drug-likeness (QED) is 0.505. The minimum absolute atomic E-state index is 0.121. The Balaban J connectivity index is 1.73. The normalized spacial score (nSPS) is 11.2. The highest BCUT2D eigenvalue weighted by Crippen LogP contribution is 2.33. The molecule has 4 heterocycles. The molecule has 0 aliphatic carbocycles. The van der Waals surface area contributed by atoms with Gasteiger partial charge in [-0.2, -0.15) is 5.10 Å². The van der Waals surface area contributed by atoms with Crippen molar-refractivity contribution in [3.63, 3.8) is 0 Å². The second kappa shape index (κ2) is 6.27. The van der Waals surface area contributed by atoms with Gasteiger partial charge in [-0.25, -0.2) is 9.50 Å². The standard InChI is InChI=1S/C20H15N7O/c1-12(28)23-13-3-2-4-14(9-13)24-20-18-17-11-22-7-8-27(17)26-19(18)15-10-21-6-5-16(15)25-20/h2-11H,1H3,(H,23,28)(H,24,25). The second-order valence-electron chi connectivity index (χ2n) is 6.37. The van der Waals surface area contributed by atoms with Gasteiger partial charge >= 0.3 is 0 Å². The van der Waals surface area contributed by atoms with Gasteiger partial charge in [0.15, 0.2) is 0 Å². The zero-order valence-electron chi connectivity index (χ0n) is 14.9. The Morgan fingerprint density at radius 1 is 1.07 bits per heavy atom. The summed E-state index contributed by atoms with van der Waals surface area (Å²) in [5.74, 6) is 0.543. The highest BCUT2D eigenvalue weighted by Gasteiger charge is 2.16. The first-order chi connectivity index (χ1) is 13.7. The zero-order valence-corrected chi connectivity index (χ0v) is 14.9. The van der Waals surface area contributed by atoms with Crippen molar-refractivity contribution in [2.45, 2.75) is 6.92 Å². The Bertz CT molecular complexity index is 1360. The van der Waals surface area contributed by atoms with E-state index >= 15 is 0 Å². The number of benzene rings is 1. The number of hydrogen-bond donors (Lipinski definition) is 2. The van der Waals surface area contributed by atoms with Crippen LogP contribution in [0.4, 0.5) is 17.2 Å². The molecule has 0 atom stereocenters. The SMILES string of the molecule is CC(=O)Nc1cccc(Nc2nc3ccncc3c3nn4ccncc4c23)c1. The molecule has 0 unspecified atom stereocenters. The molecule has 8 nitrogen and oxygen atoms in total. The van der Waals surface area contributed by atoms with Crippen LogP contribution >= 0.6 is 0 Å². The van der Waals surface area contributed by atoms with E-state index in [1.165, 1.54) is 6.92 Å². The summed E-state index contributed by atoms with van der Waals surface area (Å²) in [7, 11) is 0. The Kier molecular flexibility index (Phi) is 3.61. The Morgan fingerprint density at radius 2 is 1.93 bits per heavy atom. The van der Waals surface area contributed by atoms with Crippen molar-refractivity contribution in [1.82, 2.24) is 24.6 Å².